The summed E-state index contributed by atoms with van der Waals surface area (Å²) >= 11 is 0. The fourth-order valence-electron chi connectivity index (χ4n) is 2.30. The van der Waals surface area contributed by atoms with Crippen LogP contribution in [-0.4, -0.2) is 27.2 Å². The van der Waals surface area contributed by atoms with E-state index in [1.807, 2.05) is 38.1 Å². The van der Waals surface area contributed by atoms with E-state index in [2.05, 4.69) is 20.5 Å². The van der Waals surface area contributed by atoms with E-state index in [4.69, 9.17) is 9.15 Å². The largest absolute Gasteiger partial charge is 0.491 e. The van der Waals surface area contributed by atoms with Gasteiger partial charge in [-0.05, 0) is 50.2 Å². The number of pyridine rings is 1. The zero-order valence-electron chi connectivity index (χ0n) is 14.7. The molecule has 2 heterocycles. The summed E-state index contributed by atoms with van der Waals surface area (Å²) in [5.41, 5.74) is 1.51. The summed E-state index contributed by atoms with van der Waals surface area (Å²) in [5, 5.41) is 10.8. The minimum Gasteiger partial charge on any atom is -0.491 e. The number of hydrogen-bond acceptors (Lipinski definition) is 6. The van der Waals surface area contributed by atoms with E-state index in [1.165, 1.54) is 0 Å². The van der Waals surface area contributed by atoms with Crippen molar-refractivity contribution in [1.29, 1.82) is 0 Å². The van der Waals surface area contributed by atoms with Crippen molar-refractivity contribution in [2.45, 2.75) is 32.8 Å². The quantitative estimate of drug-likeness (QED) is 0.700. The van der Waals surface area contributed by atoms with Crippen LogP contribution in [0.1, 0.15) is 26.2 Å². The molecule has 0 aliphatic carbocycles. The molecular formula is C19H20N4O3. The number of carbonyl (C=O) groups excluding carboxylic acids is 1. The third kappa shape index (κ3) is 4.89. The normalized spacial score (nSPS) is 10.7. The van der Waals surface area contributed by atoms with E-state index < -0.39 is 0 Å². The molecule has 0 saturated carbocycles. The number of aryl methyl sites for hydroxylation is 1. The zero-order valence-corrected chi connectivity index (χ0v) is 14.7. The maximum Gasteiger partial charge on any atom is 0.247 e. The highest BCUT2D eigenvalue weighted by Crippen LogP contribution is 2.18. The lowest BCUT2D eigenvalue weighted by atomic mass is 10.2. The molecule has 0 fully saturated rings. The molecular weight excluding hydrogens is 332 g/mol. The van der Waals surface area contributed by atoms with Crippen molar-refractivity contribution in [3.05, 3.63) is 54.7 Å². The third-order valence-corrected chi connectivity index (χ3v) is 3.47. The van der Waals surface area contributed by atoms with Gasteiger partial charge in [-0.2, -0.15) is 0 Å². The molecule has 3 rings (SSSR count). The van der Waals surface area contributed by atoms with Crippen LogP contribution >= 0.6 is 0 Å². The van der Waals surface area contributed by atoms with Crippen LogP contribution in [0.25, 0.3) is 11.5 Å². The number of nitrogens with zero attached hydrogens (tertiary/aromatic N) is 3. The van der Waals surface area contributed by atoms with Gasteiger partial charge in [-0.15, -0.1) is 10.2 Å². The topological polar surface area (TPSA) is 90.1 Å². The van der Waals surface area contributed by atoms with Gasteiger partial charge >= 0.3 is 0 Å². The standard InChI is InChI=1S/C19H20N4O3/c1-13(2)25-16-5-3-15(4-6-16)21-17(24)7-8-18-22-23-19(26-18)14-9-11-20-12-10-14/h3-6,9-13H,7-8H2,1-2H3,(H,21,24). The number of hydrogen-bond donors (Lipinski definition) is 1. The Kier molecular flexibility index (Phi) is 5.58. The van der Waals surface area contributed by atoms with Crippen LogP contribution in [0.4, 0.5) is 5.69 Å². The minimum atomic E-state index is -0.119. The van der Waals surface area contributed by atoms with E-state index in [1.54, 1.807) is 24.5 Å². The summed E-state index contributed by atoms with van der Waals surface area (Å²) in [6, 6.07) is 10.9. The first-order chi connectivity index (χ1) is 12.6. The second-order valence-corrected chi connectivity index (χ2v) is 5.98. The Hall–Kier alpha value is -3.22. The maximum atomic E-state index is 12.1. The summed E-state index contributed by atoms with van der Waals surface area (Å²) in [4.78, 5) is 16.0. The molecule has 0 aliphatic rings. The molecule has 1 N–H and O–H groups in total. The molecule has 0 unspecified atom stereocenters. The van der Waals surface area contributed by atoms with Gasteiger partial charge in [0.2, 0.25) is 17.7 Å². The number of carbonyl (C=O) groups is 1. The monoisotopic (exact) mass is 352 g/mol. The van der Waals surface area contributed by atoms with E-state index in [-0.39, 0.29) is 18.4 Å². The molecule has 0 spiro atoms. The highest BCUT2D eigenvalue weighted by atomic mass is 16.5. The van der Waals surface area contributed by atoms with Gasteiger partial charge in [-0.1, -0.05) is 0 Å². The predicted octanol–water partition coefficient (Wildman–Crippen LogP) is 3.49. The second kappa shape index (κ2) is 8.24. The molecule has 0 atom stereocenters. The average Bonchev–Trinajstić information content (AvgIpc) is 3.11. The molecule has 3 aromatic rings. The van der Waals surface area contributed by atoms with Crippen LogP contribution < -0.4 is 10.1 Å². The smallest absolute Gasteiger partial charge is 0.247 e. The van der Waals surface area contributed by atoms with E-state index >= 15 is 0 Å². The number of benzene rings is 1. The number of rotatable bonds is 7. The Balaban J connectivity index is 1.50. The van der Waals surface area contributed by atoms with Gasteiger partial charge in [-0.25, -0.2) is 0 Å². The van der Waals surface area contributed by atoms with Gasteiger partial charge in [0.1, 0.15) is 5.75 Å². The Bertz CT molecular complexity index is 845. The van der Waals surface area contributed by atoms with Crippen molar-refractivity contribution >= 4 is 11.6 Å². The molecule has 0 saturated heterocycles. The van der Waals surface area contributed by atoms with Gasteiger partial charge in [-0.3, -0.25) is 9.78 Å². The van der Waals surface area contributed by atoms with Crippen molar-refractivity contribution < 1.29 is 13.9 Å². The number of anilines is 1. The van der Waals surface area contributed by atoms with Crippen molar-refractivity contribution in [2.24, 2.45) is 0 Å². The lowest BCUT2D eigenvalue weighted by molar-refractivity contribution is -0.116. The first kappa shape index (κ1) is 17.6. The van der Waals surface area contributed by atoms with Crippen LogP contribution in [-0.2, 0) is 11.2 Å². The Morgan fingerprint density at radius 1 is 1.12 bits per heavy atom. The lowest BCUT2D eigenvalue weighted by Gasteiger charge is -2.10. The molecule has 7 heteroatoms. The minimum absolute atomic E-state index is 0.113. The van der Waals surface area contributed by atoms with Crippen molar-refractivity contribution in [1.82, 2.24) is 15.2 Å². The number of amides is 1. The Morgan fingerprint density at radius 2 is 1.85 bits per heavy atom. The van der Waals surface area contributed by atoms with E-state index in [0.29, 0.717) is 23.9 Å². The maximum absolute atomic E-state index is 12.1. The fourth-order valence-corrected chi connectivity index (χ4v) is 2.30. The molecule has 0 aliphatic heterocycles. The van der Waals surface area contributed by atoms with Crippen molar-refractivity contribution in [2.75, 3.05) is 5.32 Å². The zero-order chi connectivity index (χ0) is 18.4. The van der Waals surface area contributed by atoms with Crippen LogP contribution in [0.2, 0.25) is 0 Å². The summed E-state index contributed by atoms with van der Waals surface area (Å²) in [5.74, 6) is 1.50. The van der Waals surface area contributed by atoms with E-state index in [0.717, 1.165) is 11.3 Å². The van der Waals surface area contributed by atoms with Gasteiger partial charge in [0, 0.05) is 36.5 Å². The van der Waals surface area contributed by atoms with Gasteiger partial charge in [0.05, 0.1) is 6.10 Å². The molecule has 0 radical (unpaired) electrons. The van der Waals surface area contributed by atoms with Crippen LogP contribution in [0.3, 0.4) is 0 Å². The fraction of sp³-hybridized carbons (Fsp3) is 0.263. The summed E-state index contributed by atoms with van der Waals surface area (Å²) in [7, 11) is 0. The molecule has 7 nitrogen and oxygen atoms in total. The highest BCUT2D eigenvalue weighted by Gasteiger charge is 2.11. The van der Waals surface area contributed by atoms with Crippen molar-refractivity contribution in [3.8, 4) is 17.2 Å². The van der Waals surface area contributed by atoms with Crippen molar-refractivity contribution in [3.63, 3.8) is 0 Å². The number of aromatic nitrogens is 3. The summed E-state index contributed by atoms with van der Waals surface area (Å²) < 4.78 is 11.2. The van der Waals surface area contributed by atoms with Crippen LogP contribution in [0.15, 0.2) is 53.2 Å². The first-order valence-corrected chi connectivity index (χ1v) is 8.39. The number of nitrogens with one attached hydrogen (secondary N) is 1. The Morgan fingerprint density at radius 3 is 2.54 bits per heavy atom. The van der Waals surface area contributed by atoms with Gasteiger partial charge < -0.3 is 14.5 Å². The molecule has 134 valence electrons. The SMILES string of the molecule is CC(C)Oc1ccc(NC(=O)CCc2nnc(-c3ccncc3)o2)cc1. The molecule has 2 aromatic heterocycles. The lowest BCUT2D eigenvalue weighted by Crippen LogP contribution is -2.12. The molecule has 0 bridgehead atoms. The third-order valence-electron chi connectivity index (χ3n) is 3.47. The Labute approximate surface area is 151 Å². The highest BCUT2D eigenvalue weighted by molar-refractivity contribution is 5.90. The van der Waals surface area contributed by atoms with Gasteiger partial charge in [0.25, 0.3) is 0 Å². The average molecular weight is 352 g/mol. The molecule has 1 aromatic carbocycles. The predicted molar refractivity (Wildman–Crippen MR) is 96.7 cm³/mol. The second-order valence-electron chi connectivity index (χ2n) is 5.98. The van der Waals surface area contributed by atoms with Crippen LogP contribution in [0.5, 0.6) is 5.75 Å². The number of ether oxygens (including phenoxy) is 1. The van der Waals surface area contributed by atoms with E-state index in [9.17, 15) is 4.79 Å². The summed E-state index contributed by atoms with van der Waals surface area (Å²) in [6.07, 6.45) is 4.05. The molecule has 26 heavy (non-hydrogen) atoms. The van der Waals surface area contributed by atoms with Gasteiger partial charge in [0.15, 0.2) is 0 Å². The van der Waals surface area contributed by atoms with Crippen LogP contribution in [0, 0.1) is 0 Å². The summed E-state index contributed by atoms with van der Waals surface area (Å²) in [6.45, 7) is 3.93. The first-order valence-electron chi connectivity index (χ1n) is 8.39. The molecule has 1 amide bonds.